The SMILES string of the molecule is COC(=O)C(C)CN(C)c1nccnc1C(N)=S. The molecular weight excluding hydrogens is 252 g/mol. The monoisotopic (exact) mass is 268 g/mol. The van der Waals surface area contributed by atoms with E-state index in [1.54, 1.807) is 25.1 Å². The zero-order valence-corrected chi connectivity index (χ0v) is 11.4. The van der Waals surface area contributed by atoms with Crippen LogP contribution in [0.4, 0.5) is 5.82 Å². The Labute approximate surface area is 111 Å². The Morgan fingerprint density at radius 3 is 2.72 bits per heavy atom. The van der Waals surface area contributed by atoms with E-state index in [-0.39, 0.29) is 16.9 Å². The van der Waals surface area contributed by atoms with Gasteiger partial charge < -0.3 is 15.4 Å². The summed E-state index contributed by atoms with van der Waals surface area (Å²) in [5.74, 6) is 0.00423. The molecule has 0 saturated heterocycles. The lowest BCUT2D eigenvalue weighted by Gasteiger charge is -2.22. The van der Waals surface area contributed by atoms with Crippen molar-refractivity contribution in [2.75, 3.05) is 25.6 Å². The van der Waals surface area contributed by atoms with Crippen LogP contribution in [0, 0.1) is 5.92 Å². The summed E-state index contributed by atoms with van der Waals surface area (Å²) in [6, 6.07) is 0. The van der Waals surface area contributed by atoms with Gasteiger partial charge in [-0.3, -0.25) is 4.79 Å². The highest BCUT2D eigenvalue weighted by atomic mass is 32.1. The summed E-state index contributed by atoms with van der Waals surface area (Å²) in [5.41, 5.74) is 6.03. The zero-order chi connectivity index (χ0) is 13.7. The van der Waals surface area contributed by atoms with Gasteiger partial charge in [-0.05, 0) is 0 Å². The maximum Gasteiger partial charge on any atom is 0.310 e. The molecule has 0 bridgehead atoms. The Morgan fingerprint density at radius 1 is 1.56 bits per heavy atom. The van der Waals surface area contributed by atoms with Crippen LogP contribution in [0.1, 0.15) is 12.6 Å². The Kier molecular flexibility index (Phi) is 4.96. The number of thiocarbonyl (C=S) groups is 1. The van der Waals surface area contributed by atoms with Gasteiger partial charge in [0.15, 0.2) is 5.82 Å². The van der Waals surface area contributed by atoms with Crippen molar-refractivity contribution in [2.45, 2.75) is 6.92 Å². The van der Waals surface area contributed by atoms with E-state index in [9.17, 15) is 4.79 Å². The smallest absolute Gasteiger partial charge is 0.310 e. The van der Waals surface area contributed by atoms with Crippen molar-refractivity contribution in [2.24, 2.45) is 11.7 Å². The van der Waals surface area contributed by atoms with Crippen molar-refractivity contribution in [3.63, 3.8) is 0 Å². The van der Waals surface area contributed by atoms with Crippen LogP contribution in [0.3, 0.4) is 0 Å². The summed E-state index contributed by atoms with van der Waals surface area (Å²) in [4.78, 5) is 21.6. The lowest BCUT2D eigenvalue weighted by atomic mass is 10.1. The Balaban J connectivity index is 2.87. The van der Waals surface area contributed by atoms with E-state index in [4.69, 9.17) is 18.0 Å². The highest BCUT2D eigenvalue weighted by Gasteiger charge is 2.19. The average molecular weight is 268 g/mol. The summed E-state index contributed by atoms with van der Waals surface area (Å²) in [5, 5.41) is 0. The molecule has 1 aromatic rings. The van der Waals surface area contributed by atoms with E-state index < -0.39 is 0 Å². The summed E-state index contributed by atoms with van der Waals surface area (Å²) in [6.45, 7) is 2.22. The lowest BCUT2D eigenvalue weighted by Crippen LogP contribution is -2.31. The number of methoxy groups -OCH3 is 1. The number of aromatic nitrogens is 2. The number of hydrogen-bond acceptors (Lipinski definition) is 6. The molecule has 0 radical (unpaired) electrons. The van der Waals surface area contributed by atoms with Crippen LogP contribution in [0.5, 0.6) is 0 Å². The van der Waals surface area contributed by atoms with E-state index in [1.165, 1.54) is 13.3 Å². The van der Waals surface area contributed by atoms with Crippen LogP contribution in [0.2, 0.25) is 0 Å². The molecule has 1 rings (SSSR count). The van der Waals surface area contributed by atoms with Crippen molar-refractivity contribution in [3.8, 4) is 0 Å². The standard InChI is InChI=1S/C11H16N4O2S/c1-7(11(16)17-3)6-15(2)10-8(9(12)18)13-4-5-14-10/h4-5,7H,6H2,1-3H3,(H2,12,18). The van der Waals surface area contributed by atoms with Crippen molar-refractivity contribution >= 4 is 29.0 Å². The minimum Gasteiger partial charge on any atom is -0.469 e. The first-order valence-electron chi connectivity index (χ1n) is 5.37. The Morgan fingerprint density at radius 2 is 2.17 bits per heavy atom. The number of nitrogens with zero attached hydrogens (tertiary/aromatic N) is 3. The predicted molar refractivity (Wildman–Crippen MR) is 72.4 cm³/mol. The minimum atomic E-state index is -0.277. The number of nitrogens with two attached hydrogens (primary N) is 1. The number of ether oxygens (including phenoxy) is 1. The maximum absolute atomic E-state index is 11.4. The molecule has 1 atom stereocenters. The van der Waals surface area contributed by atoms with E-state index >= 15 is 0 Å². The van der Waals surface area contributed by atoms with Gasteiger partial charge in [0.25, 0.3) is 0 Å². The third kappa shape index (κ3) is 3.36. The molecule has 0 spiro atoms. The molecule has 0 saturated carbocycles. The number of hydrogen-bond donors (Lipinski definition) is 1. The molecule has 6 nitrogen and oxygen atoms in total. The van der Waals surface area contributed by atoms with Gasteiger partial charge >= 0.3 is 5.97 Å². The van der Waals surface area contributed by atoms with Gasteiger partial charge in [-0.25, -0.2) is 9.97 Å². The zero-order valence-electron chi connectivity index (χ0n) is 10.6. The molecule has 0 aliphatic heterocycles. The van der Waals surface area contributed by atoms with Gasteiger partial charge in [0.05, 0.1) is 13.0 Å². The second-order valence-electron chi connectivity index (χ2n) is 3.90. The van der Waals surface area contributed by atoms with Crippen LogP contribution >= 0.6 is 12.2 Å². The number of rotatable bonds is 5. The first-order chi connectivity index (χ1) is 8.47. The molecule has 1 unspecified atom stereocenters. The normalized spacial score (nSPS) is 11.7. The third-order valence-electron chi connectivity index (χ3n) is 2.43. The van der Waals surface area contributed by atoms with Gasteiger partial charge in [0, 0.05) is 26.0 Å². The van der Waals surface area contributed by atoms with E-state index in [1.807, 2.05) is 0 Å². The molecule has 0 aliphatic carbocycles. The van der Waals surface area contributed by atoms with Gasteiger partial charge in [0.1, 0.15) is 10.7 Å². The Hall–Kier alpha value is -1.76. The van der Waals surface area contributed by atoms with E-state index in [0.717, 1.165) is 0 Å². The molecule has 0 aromatic carbocycles. The van der Waals surface area contributed by atoms with Crippen LogP contribution < -0.4 is 10.6 Å². The fourth-order valence-electron chi connectivity index (χ4n) is 1.56. The first-order valence-corrected chi connectivity index (χ1v) is 5.78. The number of carbonyl (C=O) groups is 1. The van der Waals surface area contributed by atoms with E-state index in [2.05, 4.69) is 14.7 Å². The van der Waals surface area contributed by atoms with Crippen LogP contribution in [0.25, 0.3) is 0 Å². The molecular formula is C11H16N4O2S. The van der Waals surface area contributed by atoms with Crippen molar-refractivity contribution in [1.82, 2.24) is 9.97 Å². The highest BCUT2D eigenvalue weighted by Crippen LogP contribution is 2.15. The second-order valence-corrected chi connectivity index (χ2v) is 4.34. The molecule has 1 aromatic heterocycles. The van der Waals surface area contributed by atoms with Gasteiger partial charge in [-0.2, -0.15) is 0 Å². The molecule has 0 aliphatic rings. The molecule has 18 heavy (non-hydrogen) atoms. The molecule has 2 N–H and O–H groups in total. The quantitative estimate of drug-likeness (QED) is 0.609. The number of carbonyl (C=O) groups excluding carboxylic acids is 1. The van der Waals surface area contributed by atoms with Crippen LogP contribution in [-0.4, -0.2) is 41.6 Å². The predicted octanol–water partition coefficient (Wildman–Crippen LogP) is 0.356. The van der Waals surface area contributed by atoms with Gasteiger partial charge in [-0.15, -0.1) is 0 Å². The fraction of sp³-hybridized carbons (Fsp3) is 0.455. The topological polar surface area (TPSA) is 81.3 Å². The van der Waals surface area contributed by atoms with Crippen molar-refractivity contribution < 1.29 is 9.53 Å². The summed E-state index contributed by atoms with van der Waals surface area (Å²) >= 11 is 4.91. The van der Waals surface area contributed by atoms with Gasteiger partial charge in [-0.1, -0.05) is 19.1 Å². The summed E-state index contributed by atoms with van der Waals surface area (Å²) in [6.07, 6.45) is 3.08. The van der Waals surface area contributed by atoms with Crippen molar-refractivity contribution in [1.29, 1.82) is 0 Å². The first kappa shape index (κ1) is 14.3. The highest BCUT2D eigenvalue weighted by molar-refractivity contribution is 7.80. The summed E-state index contributed by atoms with van der Waals surface area (Å²) < 4.78 is 4.67. The molecule has 0 fully saturated rings. The van der Waals surface area contributed by atoms with Crippen LogP contribution in [0.15, 0.2) is 12.4 Å². The average Bonchev–Trinajstić information content (AvgIpc) is 2.37. The number of esters is 1. The summed E-state index contributed by atoms with van der Waals surface area (Å²) in [7, 11) is 3.16. The minimum absolute atomic E-state index is 0.177. The molecule has 7 heteroatoms. The van der Waals surface area contributed by atoms with Gasteiger partial charge in [0.2, 0.25) is 0 Å². The lowest BCUT2D eigenvalue weighted by molar-refractivity contribution is -0.144. The van der Waals surface area contributed by atoms with E-state index in [0.29, 0.717) is 18.1 Å². The molecule has 1 heterocycles. The third-order valence-corrected chi connectivity index (χ3v) is 2.62. The fourth-order valence-corrected chi connectivity index (χ4v) is 1.70. The Bertz CT molecular complexity index is 452. The molecule has 98 valence electrons. The maximum atomic E-state index is 11.4. The van der Waals surface area contributed by atoms with Crippen molar-refractivity contribution in [3.05, 3.63) is 18.1 Å². The van der Waals surface area contributed by atoms with Crippen LogP contribution in [-0.2, 0) is 9.53 Å². The largest absolute Gasteiger partial charge is 0.469 e. The molecule has 0 amide bonds. The second kappa shape index (κ2) is 6.25. The number of anilines is 1.